The summed E-state index contributed by atoms with van der Waals surface area (Å²) in [5, 5.41) is 7.44. The van der Waals surface area contributed by atoms with Gasteiger partial charge in [0.15, 0.2) is 5.16 Å². The van der Waals surface area contributed by atoms with Gasteiger partial charge in [0.05, 0.1) is 0 Å². The maximum atomic E-state index is 6.06. The Morgan fingerprint density at radius 3 is 2.94 bits per heavy atom. The van der Waals surface area contributed by atoms with E-state index in [2.05, 4.69) is 34.2 Å². The zero-order chi connectivity index (χ0) is 11.4. The minimum atomic E-state index is 0.0756. The van der Waals surface area contributed by atoms with Crippen molar-refractivity contribution in [2.24, 2.45) is 5.73 Å². The summed E-state index contributed by atoms with van der Waals surface area (Å²) in [4.78, 5) is 5.23. The third kappa shape index (κ3) is 2.43. The number of hydrogen-bond donors (Lipinski definition) is 2. The van der Waals surface area contributed by atoms with E-state index in [-0.39, 0.29) is 6.04 Å². The molecule has 1 aromatic heterocycles. The highest BCUT2D eigenvalue weighted by Gasteiger charge is 2.10. The van der Waals surface area contributed by atoms with Crippen molar-refractivity contribution in [2.75, 3.05) is 0 Å². The van der Waals surface area contributed by atoms with Crippen LogP contribution in [0.15, 0.2) is 40.6 Å². The summed E-state index contributed by atoms with van der Waals surface area (Å²) < 4.78 is 0. The average molecular weight is 234 g/mol. The summed E-state index contributed by atoms with van der Waals surface area (Å²) in [5.74, 6) is 0. The Bertz CT molecular complexity index is 441. The largest absolute Gasteiger partial charge is 0.324 e. The summed E-state index contributed by atoms with van der Waals surface area (Å²) in [6.07, 6.45) is 2.43. The van der Waals surface area contributed by atoms with Gasteiger partial charge in [-0.25, -0.2) is 4.98 Å². The van der Waals surface area contributed by atoms with Gasteiger partial charge < -0.3 is 5.73 Å². The second-order valence-electron chi connectivity index (χ2n) is 3.45. The first-order valence-electron chi connectivity index (χ1n) is 5.19. The molecule has 0 aliphatic carbocycles. The fourth-order valence-electron chi connectivity index (χ4n) is 1.45. The molecule has 1 atom stereocenters. The van der Waals surface area contributed by atoms with Crippen LogP contribution in [0.5, 0.6) is 0 Å². The van der Waals surface area contributed by atoms with Gasteiger partial charge in [-0.2, -0.15) is 5.10 Å². The second-order valence-corrected chi connectivity index (χ2v) is 4.48. The van der Waals surface area contributed by atoms with Crippen LogP contribution in [0.4, 0.5) is 0 Å². The maximum absolute atomic E-state index is 6.06. The van der Waals surface area contributed by atoms with E-state index >= 15 is 0 Å². The lowest BCUT2D eigenvalue weighted by Gasteiger charge is -2.13. The number of H-pyrrole nitrogens is 1. The molecule has 0 radical (unpaired) electrons. The van der Waals surface area contributed by atoms with Crippen molar-refractivity contribution in [2.45, 2.75) is 29.4 Å². The standard InChI is InChI=1S/C11H14N4S/c1-2-9(12)8-5-3-4-6-10(8)16-11-13-7-14-15-11/h3-7,9H,2,12H2,1H3,(H,13,14,15). The SMILES string of the molecule is CCC(N)c1ccccc1Sc1ncn[nH]1. The van der Waals surface area contributed by atoms with Crippen LogP contribution in [0.25, 0.3) is 0 Å². The van der Waals surface area contributed by atoms with Crippen LogP contribution < -0.4 is 5.73 Å². The molecule has 0 spiro atoms. The van der Waals surface area contributed by atoms with Crippen LogP contribution in [0, 0.1) is 0 Å². The van der Waals surface area contributed by atoms with Crippen LogP contribution in [0.1, 0.15) is 24.9 Å². The highest BCUT2D eigenvalue weighted by Crippen LogP contribution is 2.31. The molecule has 0 bridgehead atoms. The van der Waals surface area contributed by atoms with Crippen LogP contribution in [-0.4, -0.2) is 15.2 Å². The Kier molecular flexibility index (Phi) is 3.58. The molecule has 2 aromatic rings. The highest BCUT2D eigenvalue weighted by atomic mass is 32.2. The molecule has 2 rings (SSSR count). The number of hydrogen-bond acceptors (Lipinski definition) is 4. The minimum Gasteiger partial charge on any atom is -0.324 e. The Morgan fingerprint density at radius 1 is 1.44 bits per heavy atom. The van der Waals surface area contributed by atoms with Crippen molar-refractivity contribution in [3.05, 3.63) is 36.2 Å². The van der Waals surface area contributed by atoms with E-state index in [0.717, 1.165) is 22.0 Å². The zero-order valence-corrected chi connectivity index (χ0v) is 9.87. The van der Waals surface area contributed by atoms with Crippen molar-refractivity contribution in [3.63, 3.8) is 0 Å². The molecule has 16 heavy (non-hydrogen) atoms. The highest BCUT2D eigenvalue weighted by molar-refractivity contribution is 7.99. The van der Waals surface area contributed by atoms with Gasteiger partial charge >= 0.3 is 0 Å². The van der Waals surface area contributed by atoms with Gasteiger partial charge in [-0.05, 0) is 18.1 Å². The van der Waals surface area contributed by atoms with Crippen LogP contribution in [-0.2, 0) is 0 Å². The lowest BCUT2D eigenvalue weighted by Crippen LogP contribution is -2.09. The third-order valence-corrected chi connectivity index (χ3v) is 3.34. The lowest BCUT2D eigenvalue weighted by molar-refractivity contribution is 0.685. The molecule has 0 saturated carbocycles. The molecule has 1 unspecified atom stereocenters. The fraction of sp³-hybridized carbons (Fsp3) is 0.273. The molecule has 84 valence electrons. The number of aromatic nitrogens is 3. The average Bonchev–Trinajstić information content (AvgIpc) is 2.82. The van der Waals surface area contributed by atoms with Crippen LogP contribution >= 0.6 is 11.8 Å². The summed E-state index contributed by atoms with van der Waals surface area (Å²) >= 11 is 1.56. The first-order valence-corrected chi connectivity index (χ1v) is 6.00. The van der Waals surface area contributed by atoms with Crippen LogP contribution in [0.3, 0.4) is 0 Å². The van der Waals surface area contributed by atoms with Crippen molar-refractivity contribution >= 4 is 11.8 Å². The number of rotatable bonds is 4. The van der Waals surface area contributed by atoms with Gasteiger partial charge in [0, 0.05) is 10.9 Å². The Hall–Kier alpha value is -1.33. The molecule has 1 aromatic carbocycles. The Labute approximate surface area is 98.7 Å². The first kappa shape index (κ1) is 11.2. The van der Waals surface area contributed by atoms with E-state index in [1.54, 1.807) is 11.8 Å². The van der Waals surface area contributed by atoms with Crippen LogP contribution in [0.2, 0.25) is 0 Å². The number of nitrogens with two attached hydrogens (primary N) is 1. The molecule has 5 heteroatoms. The normalized spacial score (nSPS) is 12.6. The van der Waals surface area contributed by atoms with Gasteiger partial charge in [-0.1, -0.05) is 36.9 Å². The molecule has 3 N–H and O–H groups in total. The topological polar surface area (TPSA) is 67.6 Å². The molecule has 0 aliphatic heterocycles. The molecule has 0 saturated heterocycles. The molecule has 0 aliphatic rings. The Morgan fingerprint density at radius 2 is 2.25 bits per heavy atom. The third-order valence-electron chi connectivity index (χ3n) is 2.36. The quantitative estimate of drug-likeness (QED) is 0.852. The number of aromatic amines is 1. The molecule has 0 amide bonds. The fourth-order valence-corrected chi connectivity index (χ4v) is 2.34. The zero-order valence-electron chi connectivity index (χ0n) is 9.05. The molecular formula is C11H14N4S. The minimum absolute atomic E-state index is 0.0756. The monoisotopic (exact) mass is 234 g/mol. The number of nitrogens with one attached hydrogen (secondary N) is 1. The van der Waals surface area contributed by atoms with Gasteiger partial charge in [0.25, 0.3) is 0 Å². The van der Waals surface area contributed by atoms with E-state index < -0.39 is 0 Å². The van der Waals surface area contributed by atoms with Crippen molar-refractivity contribution in [1.82, 2.24) is 15.2 Å². The predicted octanol–water partition coefficient (Wildman–Crippen LogP) is 2.37. The first-order chi connectivity index (χ1) is 7.81. The molecule has 0 fully saturated rings. The van der Waals surface area contributed by atoms with Crippen molar-refractivity contribution in [1.29, 1.82) is 0 Å². The lowest BCUT2D eigenvalue weighted by atomic mass is 10.1. The number of benzene rings is 1. The molecular weight excluding hydrogens is 220 g/mol. The van der Waals surface area contributed by atoms with Gasteiger partial charge in [0.2, 0.25) is 0 Å². The van der Waals surface area contributed by atoms with Gasteiger partial charge in [-0.15, -0.1) is 0 Å². The van der Waals surface area contributed by atoms with E-state index in [1.807, 2.05) is 12.1 Å². The number of nitrogens with zero attached hydrogens (tertiary/aromatic N) is 2. The summed E-state index contributed by atoms with van der Waals surface area (Å²) in [6.45, 7) is 2.08. The maximum Gasteiger partial charge on any atom is 0.188 e. The smallest absolute Gasteiger partial charge is 0.188 e. The predicted molar refractivity (Wildman–Crippen MR) is 64.2 cm³/mol. The van der Waals surface area contributed by atoms with Gasteiger partial charge in [0.1, 0.15) is 6.33 Å². The van der Waals surface area contributed by atoms with E-state index in [1.165, 1.54) is 6.33 Å². The second kappa shape index (κ2) is 5.14. The Balaban J connectivity index is 2.26. The summed E-state index contributed by atoms with van der Waals surface area (Å²) in [6, 6.07) is 8.21. The van der Waals surface area contributed by atoms with Crippen molar-refractivity contribution < 1.29 is 0 Å². The summed E-state index contributed by atoms with van der Waals surface area (Å²) in [7, 11) is 0. The van der Waals surface area contributed by atoms with E-state index in [4.69, 9.17) is 5.73 Å². The molecule has 1 heterocycles. The van der Waals surface area contributed by atoms with Gasteiger partial charge in [-0.3, -0.25) is 5.10 Å². The summed E-state index contributed by atoms with van der Waals surface area (Å²) in [5.41, 5.74) is 7.22. The molecule has 4 nitrogen and oxygen atoms in total. The van der Waals surface area contributed by atoms with Crippen molar-refractivity contribution in [3.8, 4) is 0 Å². The van der Waals surface area contributed by atoms with E-state index in [0.29, 0.717) is 0 Å². The van der Waals surface area contributed by atoms with E-state index in [9.17, 15) is 0 Å².